The van der Waals surface area contributed by atoms with Crippen molar-refractivity contribution < 1.29 is 33.4 Å². The number of benzene rings is 1. The Labute approximate surface area is 198 Å². The number of hydrogen-bond acceptors (Lipinski definition) is 7. The van der Waals surface area contributed by atoms with Crippen LogP contribution in [0, 0.1) is 21.7 Å². The monoisotopic (exact) mass is 469 g/mol. The first kappa shape index (κ1) is 22.9. The second kappa shape index (κ2) is 6.40. The molecule has 0 aromatic heterocycles. The molecule has 4 bridgehead atoms. The third kappa shape index (κ3) is 2.34. The van der Waals surface area contributed by atoms with E-state index in [1.807, 2.05) is 41.5 Å². The second-order valence-corrected chi connectivity index (χ2v) is 11.7. The molecule has 34 heavy (non-hydrogen) atoms. The van der Waals surface area contributed by atoms with Crippen molar-refractivity contribution in [3.63, 3.8) is 0 Å². The number of amides is 1. The van der Waals surface area contributed by atoms with E-state index >= 15 is 0 Å². The van der Waals surface area contributed by atoms with Gasteiger partial charge in [-0.25, -0.2) is 4.79 Å². The van der Waals surface area contributed by atoms with Crippen molar-refractivity contribution in [1.29, 1.82) is 0 Å². The number of hydrogen-bond donors (Lipinski definition) is 1. The number of carbonyl (C=O) groups is 4. The van der Waals surface area contributed by atoms with Crippen LogP contribution in [0.1, 0.15) is 67.2 Å². The van der Waals surface area contributed by atoms with Gasteiger partial charge in [0.05, 0.1) is 10.8 Å². The maximum absolute atomic E-state index is 13.2. The lowest BCUT2D eigenvalue weighted by molar-refractivity contribution is -0.176. The van der Waals surface area contributed by atoms with Crippen LogP contribution >= 0.6 is 0 Å². The number of carbonyl (C=O) groups excluding carboxylic acids is 4. The molecule has 0 unspecified atom stereocenters. The Balaban J connectivity index is 1.30. The zero-order chi connectivity index (χ0) is 24.9. The minimum atomic E-state index is -1.31. The van der Waals surface area contributed by atoms with E-state index in [9.17, 15) is 19.2 Å². The highest BCUT2D eigenvalue weighted by atomic mass is 16.6. The number of nitrogens with one attached hydrogen (secondary N) is 1. The fourth-order valence-corrected chi connectivity index (χ4v) is 6.48. The molecule has 4 atom stereocenters. The van der Waals surface area contributed by atoms with E-state index in [1.54, 1.807) is 24.3 Å². The molecule has 4 fully saturated rings. The number of ether oxygens (including phenoxy) is 3. The summed E-state index contributed by atoms with van der Waals surface area (Å²) >= 11 is 0. The lowest BCUT2D eigenvalue weighted by Gasteiger charge is -2.35. The summed E-state index contributed by atoms with van der Waals surface area (Å²) in [6, 6.07) is 6.39. The summed E-state index contributed by atoms with van der Waals surface area (Å²) in [7, 11) is 0. The van der Waals surface area contributed by atoms with Gasteiger partial charge in [-0.3, -0.25) is 14.4 Å². The maximum atomic E-state index is 13.2. The molecule has 5 rings (SSSR count). The van der Waals surface area contributed by atoms with Gasteiger partial charge in [0, 0.05) is 16.5 Å². The summed E-state index contributed by atoms with van der Waals surface area (Å²) < 4.78 is 16.8. The van der Waals surface area contributed by atoms with Crippen molar-refractivity contribution in [3.05, 3.63) is 24.3 Å². The molecule has 8 nitrogen and oxygen atoms in total. The van der Waals surface area contributed by atoms with Gasteiger partial charge in [0.1, 0.15) is 5.75 Å². The Hall–Kier alpha value is -2.90. The molecule has 4 aliphatic rings. The Morgan fingerprint density at radius 2 is 1.24 bits per heavy atom. The van der Waals surface area contributed by atoms with Crippen LogP contribution in [0.15, 0.2) is 24.3 Å². The van der Waals surface area contributed by atoms with Crippen molar-refractivity contribution in [1.82, 2.24) is 0 Å². The standard InChI is InChI=1S/C26H31NO7/c1-21(2)23(5)11-13-25(21,33-18(23)29)17(28)27-15-7-9-16(10-8-15)32-20(31)26-14-12-24(6,19(30)34-26)22(26,3)4/h7-10H,11-14H2,1-6H3,(H,27,28)/t23-,24+,25+,26-/m1/s1. The van der Waals surface area contributed by atoms with E-state index in [-0.39, 0.29) is 23.6 Å². The van der Waals surface area contributed by atoms with E-state index in [0.717, 1.165) is 0 Å². The summed E-state index contributed by atoms with van der Waals surface area (Å²) in [5, 5.41) is 2.85. The van der Waals surface area contributed by atoms with Gasteiger partial charge in [-0.05, 0) is 63.8 Å². The van der Waals surface area contributed by atoms with Gasteiger partial charge in [-0.15, -0.1) is 0 Å². The predicted molar refractivity (Wildman–Crippen MR) is 121 cm³/mol. The summed E-state index contributed by atoms with van der Waals surface area (Å²) in [6.07, 6.45) is 2.06. The first-order chi connectivity index (χ1) is 15.7. The molecule has 8 heteroatoms. The van der Waals surface area contributed by atoms with Crippen LogP contribution in [0.5, 0.6) is 5.75 Å². The minimum absolute atomic E-state index is 0.281. The van der Waals surface area contributed by atoms with Gasteiger partial charge in [0.15, 0.2) is 5.60 Å². The molecule has 2 aliphatic heterocycles. The van der Waals surface area contributed by atoms with Crippen LogP contribution in [-0.2, 0) is 28.7 Å². The highest BCUT2D eigenvalue weighted by Crippen LogP contribution is 2.66. The molecule has 1 amide bonds. The molecule has 1 N–H and O–H groups in total. The average Bonchev–Trinajstić information content (AvgIpc) is 3.23. The SMILES string of the molecule is CC1(C)[C@@]2(C(=O)Nc3ccc(OC(=O)[C@@]45CC[C@@](C)(C(=O)O4)C5(C)C)cc3)CC[C@]1(C)C(=O)O2. The zero-order valence-corrected chi connectivity index (χ0v) is 20.5. The molecule has 2 aliphatic carbocycles. The highest BCUT2D eigenvalue weighted by molar-refractivity contribution is 6.03. The van der Waals surface area contributed by atoms with Gasteiger partial charge in [0.2, 0.25) is 5.60 Å². The second-order valence-electron chi connectivity index (χ2n) is 11.7. The lowest BCUT2D eigenvalue weighted by atomic mass is 9.66. The molecule has 1 aromatic carbocycles. The first-order valence-corrected chi connectivity index (χ1v) is 11.8. The molecule has 0 radical (unpaired) electrons. The fraction of sp³-hybridized carbons (Fsp3) is 0.615. The molecular formula is C26H31NO7. The highest BCUT2D eigenvalue weighted by Gasteiger charge is 2.77. The van der Waals surface area contributed by atoms with E-state index in [2.05, 4.69) is 5.32 Å². The van der Waals surface area contributed by atoms with Crippen molar-refractivity contribution >= 4 is 29.5 Å². The summed E-state index contributed by atoms with van der Waals surface area (Å²) in [6.45, 7) is 11.2. The van der Waals surface area contributed by atoms with E-state index in [4.69, 9.17) is 14.2 Å². The predicted octanol–water partition coefficient (Wildman–Crippen LogP) is 3.77. The Morgan fingerprint density at radius 1 is 0.765 bits per heavy atom. The Morgan fingerprint density at radius 3 is 1.68 bits per heavy atom. The van der Waals surface area contributed by atoms with E-state index < -0.39 is 38.8 Å². The number of fused-ring (bicyclic) bond motifs is 4. The average molecular weight is 470 g/mol. The van der Waals surface area contributed by atoms with Crippen LogP contribution in [0.2, 0.25) is 0 Å². The molecule has 2 saturated heterocycles. The van der Waals surface area contributed by atoms with Crippen LogP contribution in [-0.4, -0.2) is 35.0 Å². The lowest BCUT2D eigenvalue weighted by Crippen LogP contribution is -2.50. The maximum Gasteiger partial charge on any atom is 0.356 e. The van der Waals surface area contributed by atoms with Crippen LogP contribution in [0.25, 0.3) is 0 Å². The summed E-state index contributed by atoms with van der Waals surface area (Å²) in [5.41, 5.74) is -4.76. The quantitative estimate of drug-likeness (QED) is 0.528. The van der Waals surface area contributed by atoms with Gasteiger partial charge in [-0.2, -0.15) is 0 Å². The normalized spacial score (nSPS) is 38.4. The van der Waals surface area contributed by atoms with Gasteiger partial charge >= 0.3 is 17.9 Å². The van der Waals surface area contributed by atoms with Crippen LogP contribution in [0.4, 0.5) is 5.69 Å². The van der Waals surface area contributed by atoms with Crippen molar-refractivity contribution in [2.24, 2.45) is 21.7 Å². The smallest absolute Gasteiger partial charge is 0.356 e. The van der Waals surface area contributed by atoms with Crippen molar-refractivity contribution in [2.75, 3.05) is 5.32 Å². The molecular weight excluding hydrogens is 438 g/mol. The van der Waals surface area contributed by atoms with Crippen molar-refractivity contribution in [3.8, 4) is 5.75 Å². The number of anilines is 1. The van der Waals surface area contributed by atoms with Gasteiger partial charge < -0.3 is 19.5 Å². The summed E-state index contributed by atoms with van der Waals surface area (Å²) in [4.78, 5) is 51.2. The third-order valence-corrected chi connectivity index (χ3v) is 10.2. The van der Waals surface area contributed by atoms with Crippen LogP contribution < -0.4 is 10.1 Å². The molecule has 1 aromatic rings. The minimum Gasteiger partial charge on any atom is -0.448 e. The molecule has 2 saturated carbocycles. The zero-order valence-electron chi connectivity index (χ0n) is 20.5. The van der Waals surface area contributed by atoms with E-state index in [1.165, 1.54) is 0 Å². The molecule has 2 heterocycles. The van der Waals surface area contributed by atoms with Crippen molar-refractivity contribution in [2.45, 2.75) is 78.4 Å². The first-order valence-electron chi connectivity index (χ1n) is 11.8. The molecule has 0 spiro atoms. The van der Waals surface area contributed by atoms with Crippen LogP contribution in [0.3, 0.4) is 0 Å². The topological polar surface area (TPSA) is 108 Å². The third-order valence-electron chi connectivity index (χ3n) is 10.2. The Kier molecular flexibility index (Phi) is 4.31. The Bertz CT molecular complexity index is 1050. The number of rotatable bonds is 4. The molecule has 182 valence electrons. The van der Waals surface area contributed by atoms with E-state index in [0.29, 0.717) is 31.4 Å². The fourth-order valence-electron chi connectivity index (χ4n) is 6.48. The summed E-state index contributed by atoms with van der Waals surface area (Å²) in [5.74, 6) is -1.37. The van der Waals surface area contributed by atoms with Gasteiger partial charge in [-0.1, -0.05) is 27.7 Å². The number of esters is 3. The largest absolute Gasteiger partial charge is 0.448 e. The van der Waals surface area contributed by atoms with Gasteiger partial charge in [0.25, 0.3) is 5.91 Å².